The van der Waals surface area contributed by atoms with Crippen LogP contribution >= 0.6 is 11.3 Å². The third kappa shape index (κ3) is 4.59. The number of aromatic nitrogens is 1. The molecule has 0 aliphatic carbocycles. The molecule has 8 nitrogen and oxygen atoms in total. The molecule has 1 N–H and O–H groups in total. The summed E-state index contributed by atoms with van der Waals surface area (Å²) < 4.78 is 16.5. The van der Waals surface area contributed by atoms with E-state index < -0.39 is 5.97 Å². The lowest BCUT2D eigenvalue weighted by atomic mass is 10.0. The van der Waals surface area contributed by atoms with Crippen LogP contribution in [0.1, 0.15) is 39.8 Å². The molecular formula is C24H27N3O5S. The second-order valence-electron chi connectivity index (χ2n) is 7.65. The van der Waals surface area contributed by atoms with Crippen LogP contribution in [0.25, 0.3) is 10.9 Å². The van der Waals surface area contributed by atoms with Gasteiger partial charge in [-0.05, 0) is 43.3 Å². The summed E-state index contributed by atoms with van der Waals surface area (Å²) in [6.07, 6.45) is 3.03. The summed E-state index contributed by atoms with van der Waals surface area (Å²) in [5.41, 5.74) is 1.72. The Balaban J connectivity index is 1.67. The van der Waals surface area contributed by atoms with Crippen LogP contribution in [0, 0.1) is 0 Å². The molecule has 0 bridgehead atoms. The summed E-state index contributed by atoms with van der Waals surface area (Å²) in [5, 5.41) is 5.73. The van der Waals surface area contributed by atoms with Crippen molar-refractivity contribution in [2.24, 2.45) is 0 Å². The number of pyridine rings is 1. The molecule has 9 heteroatoms. The standard InChI is InChI=1S/C24H27N3O5S/c1-4-32-24(29)16-14-25-21-18(31-3)8-7-17(30-2)20(21)22(16)27-11-9-15(10-12-27)26-23(28)19-6-5-13-33-19/h5-8,13-15H,4,9-12H2,1-3H3,(H,26,28). The van der Waals surface area contributed by atoms with E-state index in [2.05, 4.69) is 15.2 Å². The van der Waals surface area contributed by atoms with E-state index >= 15 is 0 Å². The second-order valence-corrected chi connectivity index (χ2v) is 8.59. The maximum Gasteiger partial charge on any atom is 0.341 e. The molecular weight excluding hydrogens is 442 g/mol. The quantitative estimate of drug-likeness (QED) is 0.525. The van der Waals surface area contributed by atoms with Crippen molar-refractivity contribution >= 4 is 39.8 Å². The van der Waals surface area contributed by atoms with Crippen LogP contribution in [-0.4, -0.2) is 56.8 Å². The lowest BCUT2D eigenvalue weighted by Crippen LogP contribution is -2.45. The SMILES string of the molecule is CCOC(=O)c1cnc2c(OC)ccc(OC)c2c1N1CCC(NC(=O)c2cccs2)CC1. The molecule has 0 spiro atoms. The van der Waals surface area contributed by atoms with Gasteiger partial charge in [-0.3, -0.25) is 9.78 Å². The molecule has 4 rings (SSSR count). The average molecular weight is 470 g/mol. The molecule has 1 amide bonds. The van der Waals surface area contributed by atoms with E-state index in [1.807, 2.05) is 23.6 Å². The summed E-state index contributed by atoms with van der Waals surface area (Å²) in [7, 11) is 3.18. The van der Waals surface area contributed by atoms with E-state index in [9.17, 15) is 9.59 Å². The van der Waals surface area contributed by atoms with Crippen LogP contribution < -0.4 is 19.7 Å². The lowest BCUT2D eigenvalue weighted by Gasteiger charge is -2.35. The lowest BCUT2D eigenvalue weighted by molar-refractivity contribution is 0.0526. The fourth-order valence-electron chi connectivity index (χ4n) is 4.17. The maximum absolute atomic E-state index is 12.8. The highest BCUT2D eigenvalue weighted by molar-refractivity contribution is 7.12. The topological polar surface area (TPSA) is 90.0 Å². The smallest absolute Gasteiger partial charge is 0.341 e. The number of nitrogens with one attached hydrogen (secondary N) is 1. The van der Waals surface area contributed by atoms with Crippen LogP contribution in [0.2, 0.25) is 0 Å². The zero-order valence-corrected chi connectivity index (χ0v) is 19.7. The number of piperidine rings is 1. The highest BCUT2D eigenvalue weighted by atomic mass is 32.1. The van der Waals surface area contributed by atoms with Gasteiger partial charge in [-0.2, -0.15) is 0 Å². The molecule has 1 fully saturated rings. The van der Waals surface area contributed by atoms with Gasteiger partial charge in [0.2, 0.25) is 0 Å². The molecule has 0 unspecified atom stereocenters. The highest BCUT2D eigenvalue weighted by Gasteiger charge is 2.29. The third-order valence-corrected chi connectivity index (χ3v) is 6.61. The minimum atomic E-state index is -0.431. The van der Waals surface area contributed by atoms with Gasteiger partial charge >= 0.3 is 5.97 Å². The molecule has 3 heterocycles. The van der Waals surface area contributed by atoms with E-state index in [0.29, 0.717) is 45.9 Å². The van der Waals surface area contributed by atoms with E-state index in [4.69, 9.17) is 14.2 Å². The van der Waals surface area contributed by atoms with E-state index in [1.54, 1.807) is 33.4 Å². The Hall–Kier alpha value is -3.33. The van der Waals surface area contributed by atoms with Crippen LogP contribution in [-0.2, 0) is 4.74 Å². The molecule has 3 aromatic rings. The molecule has 0 radical (unpaired) electrons. The van der Waals surface area contributed by atoms with Gasteiger partial charge in [0, 0.05) is 25.3 Å². The summed E-state index contributed by atoms with van der Waals surface area (Å²) in [6.45, 7) is 3.35. The average Bonchev–Trinajstić information content (AvgIpc) is 3.38. The Morgan fingerprint density at radius 1 is 1.15 bits per heavy atom. The third-order valence-electron chi connectivity index (χ3n) is 5.74. The number of hydrogen-bond donors (Lipinski definition) is 1. The van der Waals surface area contributed by atoms with Crippen molar-refractivity contribution in [1.82, 2.24) is 10.3 Å². The van der Waals surface area contributed by atoms with Gasteiger partial charge in [0.25, 0.3) is 5.91 Å². The largest absolute Gasteiger partial charge is 0.496 e. The first kappa shape index (κ1) is 22.8. The Bertz CT molecular complexity index is 1140. The van der Waals surface area contributed by atoms with E-state index in [0.717, 1.165) is 18.5 Å². The molecule has 1 aliphatic rings. The molecule has 1 aromatic carbocycles. The monoisotopic (exact) mass is 469 g/mol. The number of rotatable bonds is 7. The number of anilines is 1. The van der Waals surface area contributed by atoms with E-state index in [-0.39, 0.29) is 18.6 Å². The van der Waals surface area contributed by atoms with Gasteiger partial charge in [-0.15, -0.1) is 11.3 Å². The van der Waals surface area contributed by atoms with Crippen molar-refractivity contribution in [1.29, 1.82) is 0 Å². The number of ether oxygens (including phenoxy) is 3. The number of esters is 1. The van der Waals surface area contributed by atoms with Gasteiger partial charge in [-0.1, -0.05) is 6.07 Å². The summed E-state index contributed by atoms with van der Waals surface area (Å²) in [5.74, 6) is 0.726. The normalized spacial score (nSPS) is 14.2. The number of benzene rings is 1. The number of amides is 1. The van der Waals surface area contributed by atoms with Gasteiger partial charge in [0.15, 0.2) is 0 Å². The number of hydrogen-bond acceptors (Lipinski definition) is 8. The van der Waals surface area contributed by atoms with Crippen LogP contribution in [0.4, 0.5) is 5.69 Å². The number of methoxy groups -OCH3 is 2. The Morgan fingerprint density at radius 2 is 1.88 bits per heavy atom. The number of carbonyl (C=O) groups is 2. The predicted molar refractivity (Wildman–Crippen MR) is 128 cm³/mol. The fraction of sp³-hybridized carbons (Fsp3) is 0.375. The highest BCUT2D eigenvalue weighted by Crippen LogP contribution is 2.41. The van der Waals surface area contributed by atoms with Crippen molar-refractivity contribution < 1.29 is 23.8 Å². The Morgan fingerprint density at radius 3 is 2.52 bits per heavy atom. The van der Waals surface area contributed by atoms with E-state index in [1.165, 1.54) is 11.3 Å². The zero-order valence-electron chi connectivity index (χ0n) is 18.9. The first-order valence-electron chi connectivity index (χ1n) is 10.9. The molecule has 1 aliphatic heterocycles. The molecule has 2 aromatic heterocycles. The zero-order chi connectivity index (χ0) is 23.4. The minimum absolute atomic E-state index is 0.0450. The molecule has 0 saturated carbocycles. The van der Waals surface area contributed by atoms with Crippen molar-refractivity contribution in [3.63, 3.8) is 0 Å². The van der Waals surface area contributed by atoms with Crippen molar-refractivity contribution in [3.8, 4) is 11.5 Å². The first-order chi connectivity index (χ1) is 16.1. The predicted octanol–water partition coefficient (Wildman–Crippen LogP) is 3.89. The second kappa shape index (κ2) is 10.1. The number of thiophene rings is 1. The van der Waals surface area contributed by atoms with Crippen LogP contribution in [0.15, 0.2) is 35.8 Å². The van der Waals surface area contributed by atoms with Crippen molar-refractivity contribution in [2.75, 3.05) is 38.8 Å². The number of nitrogens with zero attached hydrogens (tertiary/aromatic N) is 2. The minimum Gasteiger partial charge on any atom is -0.496 e. The first-order valence-corrected chi connectivity index (χ1v) is 11.8. The maximum atomic E-state index is 12.8. The number of carbonyl (C=O) groups excluding carboxylic acids is 2. The summed E-state index contributed by atoms with van der Waals surface area (Å²) >= 11 is 1.43. The van der Waals surface area contributed by atoms with Gasteiger partial charge in [0.05, 0.1) is 36.8 Å². The van der Waals surface area contributed by atoms with Gasteiger partial charge in [-0.25, -0.2) is 4.79 Å². The van der Waals surface area contributed by atoms with Gasteiger partial charge < -0.3 is 24.4 Å². The van der Waals surface area contributed by atoms with Gasteiger partial charge in [0.1, 0.15) is 22.6 Å². The van der Waals surface area contributed by atoms with Crippen LogP contribution in [0.3, 0.4) is 0 Å². The van der Waals surface area contributed by atoms with Crippen LogP contribution in [0.5, 0.6) is 11.5 Å². The Labute approximate surface area is 196 Å². The molecule has 0 atom stereocenters. The number of fused-ring (bicyclic) bond motifs is 1. The van der Waals surface area contributed by atoms with Crippen molar-refractivity contribution in [2.45, 2.75) is 25.8 Å². The fourth-order valence-corrected chi connectivity index (χ4v) is 4.80. The molecule has 174 valence electrons. The summed E-state index contributed by atoms with van der Waals surface area (Å²) in [4.78, 5) is 32.7. The molecule has 33 heavy (non-hydrogen) atoms. The Kier molecular flexibility index (Phi) is 6.98. The summed E-state index contributed by atoms with van der Waals surface area (Å²) in [6, 6.07) is 7.37. The molecule has 1 saturated heterocycles. The van der Waals surface area contributed by atoms with Crippen molar-refractivity contribution in [3.05, 3.63) is 46.3 Å².